The molecule has 1 aromatic carbocycles. The molecule has 198 valence electrons. The summed E-state index contributed by atoms with van der Waals surface area (Å²) in [7, 11) is -2.38. The van der Waals surface area contributed by atoms with E-state index in [2.05, 4.69) is 36.7 Å². The Labute approximate surface area is 215 Å². The van der Waals surface area contributed by atoms with Gasteiger partial charge in [0.15, 0.2) is 5.82 Å². The van der Waals surface area contributed by atoms with E-state index in [0.29, 0.717) is 41.3 Å². The molecule has 0 bridgehead atoms. The minimum Gasteiger partial charge on any atom is -0.453 e. The first kappa shape index (κ1) is 26.5. The third-order valence-corrected chi connectivity index (χ3v) is 6.95. The standard InChI is InChI=1S/C25H31FN6O4S/c1-14-12-16(20(26)18(13-14)32-37(5,34)35)21-22(31-23(30-21)25(3)9-10-25)17-8-11-27-19(29-17)7-6-15(2)28-24(33)36-4/h8,11-13,15,32H,6-7,9-10H2,1-5H3,(H,28,33)(H,30,31)/t15-/m0/s1. The maximum Gasteiger partial charge on any atom is 0.407 e. The number of benzene rings is 1. The summed E-state index contributed by atoms with van der Waals surface area (Å²) in [6.07, 6.45) is 5.09. The van der Waals surface area contributed by atoms with Gasteiger partial charge in [-0.2, -0.15) is 0 Å². The van der Waals surface area contributed by atoms with Crippen LogP contribution in [0.2, 0.25) is 0 Å². The van der Waals surface area contributed by atoms with Gasteiger partial charge >= 0.3 is 6.09 Å². The average molecular weight is 531 g/mol. The molecule has 3 aromatic rings. The smallest absolute Gasteiger partial charge is 0.407 e. The molecule has 3 N–H and O–H groups in total. The van der Waals surface area contributed by atoms with Crippen molar-refractivity contribution in [1.82, 2.24) is 25.3 Å². The van der Waals surface area contributed by atoms with Crippen LogP contribution < -0.4 is 10.0 Å². The van der Waals surface area contributed by atoms with Gasteiger partial charge in [0.05, 0.1) is 30.4 Å². The van der Waals surface area contributed by atoms with Crippen LogP contribution in [0.15, 0.2) is 24.4 Å². The monoisotopic (exact) mass is 530 g/mol. The highest BCUT2D eigenvalue weighted by molar-refractivity contribution is 7.92. The largest absolute Gasteiger partial charge is 0.453 e. The Morgan fingerprint density at radius 3 is 2.68 bits per heavy atom. The number of anilines is 1. The maximum atomic E-state index is 15.6. The molecule has 4 rings (SSSR count). The SMILES string of the molecule is COC(=O)N[C@@H](C)CCc1nccc(-c2[nH]c(C3(C)CC3)nc2-c2cc(C)cc(NS(C)(=O)=O)c2F)n1. The predicted molar refractivity (Wildman–Crippen MR) is 138 cm³/mol. The molecule has 0 aliphatic heterocycles. The van der Waals surface area contributed by atoms with Crippen molar-refractivity contribution >= 4 is 21.8 Å². The van der Waals surface area contributed by atoms with Crippen LogP contribution in [0.25, 0.3) is 22.6 Å². The van der Waals surface area contributed by atoms with E-state index in [4.69, 9.17) is 4.98 Å². The first-order valence-electron chi connectivity index (χ1n) is 11.9. The van der Waals surface area contributed by atoms with Crippen LogP contribution in [0.3, 0.4) is 0 Å². The number of aryl methyl sites for hydroxylation is 2. The number of amides is 1. The Balaban J connectivity index is 1.73. The lowest BCUT2D eigenvalue weighted by molar-refractivity contribution is 0.167. The van der Waals surface area contributed by atoms with E-state index in [1.54, 1.807) is 25.3 Å². The molecule has 2 aromatic heterocycles. The number of carbonyl (C=O) groups excluding carboxylic acids is 1. The van der Waals surface area contributed by atoms with Crippen LogP contribution in [-0.4, -0.2) is 53.9 Å². The lowest BCUT2D eigenvalue weighted by Crippen LogP contribution is -2.32. The van der Waals surface area contributed by atoms with Gasteiger partial charge in [-0.25, -0.2) is 32.6 Å². The van der Waals surface area contributed by atoms with E-state index in [1.807, 2.05) is 6.92 Å². The molecule has 1 saturated carbocycles. The van der Waals surface area contributed by atoms with Crippen molar-refractivity contribution in [2.75, 3.05) is 18.1 Å². The van der Waals surface area contributed by atoms with Crippen LogP contribution >= 0.6 is 0 Å². The highest BCUT2D eigenvalue weighted by Gasteiger charge is 2.43. The number of nitrogens with zero attached hydrogens (tertiary/aromatic N) is 3. The van der Waals surface area contributed by atoms with E-state index >= 15 is 4.39 Å². The number of aromatic nitrogens is 4. The molecular formula is C25H31FN6O4S. The fraction of sp³-hybridized carbons (Fsp3) is 0.440. The van der Waals surface area contributed by atoms with Gasteiger partial charge in [-0.15, -0.1) is 0 Å². The van der Waals surface area contributed by atoms with Gasteiger partial charge in [-0.1, -0.05) is 6.92 Å². The zero-order valence-corrected chi connectivity index (χ0v) is 22.3. The number of alkyl carbamates (subject to hydrolysis) is 1. The molecular weight excluding hydrogens is 499 g/mol. The van der Waals surface area contributed by atoms with Crippen molar-refractivity contribution in [3.05, 3.63) is 47.4 Å². The van der Waals surface area contributed by atoms with Gasteiger partial charge in [-0.3, -0.25) is 4.72 Å². The summed E-state index contributed by atoms with van der Waals surface area (Å²) in [5.74, 6) is 0.570. The van der Waals surface area contributed by atoms with E-state index in [0.717, 1.165) is 24.9 Å². The molecule has 2 heterocycles. The zero-order chi connectivity index (χ0) is 27.0. The molecule has 1 atom stereocenters. The summed E-state index contributed by atoms with van der Waals surface area (Å²) < 4.78 is 46.2. The first-order chi connectivity index (χ1) is 17.4. The second-order valence-corrected chi connectivity index (χ2v) is 11.6. The maximum absolute atomic E-state index is 15.6. The second-order valence-electron chi connectivity index (χ2n) is 9.85. The number of H-pyrrole nitrogens is 1. The van der Waals surface area contributed by atoms with Gasteiger partial charge < -0.3 is 15.0 Å². The summed E-state index contributed by atoms with van der Waals surface area (Å²) in [6, 6.07) is 4.66. The summed E-state index contributed by atoms with van der Waals surface area (Å²) in [6.45, 7) is 5.71. The Morgan fingerprint density at radius 1 is 1.30 bits per heavy atom. The fourth-order valence-corrected chi connectivity index (χ4v) is 4.56. The Hall–Kier alpha value is -3.54. The second kappa shape index (κ2) is 10.1. The van der Waals surface area contributed by atoms with Crippen molar-refractivity contribution in [2.45, 2.75) is 57.9 Å². The van der Waals surface area contributed by atoms with Crippen molar-refractivity contribution in [3.63, 3.8) is 0 Å². The van der Waals surface area contributed by atoms with Crippen LogP contribution in [-0.2, 0) is 26.6 Å². The molecule has 0 radical (unpaired) electrons. The summed E-state index contributed by atoms with van der Waals surface area (Å²) >= 11 is 0. The Morgan fingerprint density at radius 2 is 2.03 bits per heavy atom. The van der Waals surface area contributed by atoms with E-state index in [9.17, 15) is 13.2 Å². The number of carbonyl (C=O) groups is 1. The number of methoxy groups -OCH3 is 1. The Kier molecular flexibility index (Phi) is 7.22. The quantitative estimate of drug-likeness (QED) is 0.379. The van der Waals surface area contributed by atoms with Gasteiger partial charge in [0, 0.05) is 29.6 Å². The van der Waals surface area contributed by atoms with Crippen molar-refractivity contribution in [1.29, 1.82) is 0 Å². The van der Waals surface area contributed by atoms with Gasteiger partial charge in [0.2, 0.25) is 10.0 Å². The van der Waals surface area contributed by atoms with Crippen LogP contribution in [0.1, 0.15) is 50.3 Å². The third kappa shape index (κ3) is 6.24. The third-order valence-electron chi connectivity index (χ3n) is 6.36. The minimum atomic E-state index is -3.69. The number of rotatable bonds is 9. The van der Waals surface area contributed by atoms with Crippen molar-refractivity contribution < 1.29 is 22.3 Å². The van der Waals surface area contributed by atoms with Crippen LogP contribution in [0.4, 0.5) is 14.9 Å². The van der Waals surface area contributed by atoms with Gasteiger partial charge in [-0.05, 0) is 56.9 Å². The fourth-order valence-electron chi connectivity index (χ4n) is 4.02. The number of imidazole rings is 1. The molecule has 12 heteroatoms. The Bertz CT molecular complexity index is 1430. The molecule has 37 heavy (non-hydrogen) atoms. The number of hydrogen-bond donors (Lipinski definition) is 3. The molecule has 1 aliphatic carbocycles. The van der Waals surface area contributed by atoms with E-state index < -0.39 is 21.9 Å². The number of aromatic amines is 1. The molecule has 0 unspecified atom stereocenters. The highest BCUT2D eigenvalue weighted by Crippen LogP contribution is 2.48. The van der Waals surface area contributed by atoms with Crippen LogP contribution in [0.5, 0.6) is 0 Å². The zero-order valence-electron chi connectivity index (χ0n) is 21.5. The predicted octanol–water partition coefficient (Wildman–Crippen LogP) is 4.08. The number of hydrogen-bond acceptors (Lipinski definition) is 7. The number of halogens is 1. The summed E-state index contributed by atoms with van der Waals surface area (Å²) in [5, 5.41) is 2.71. The first-order valence-corrected chi connectivity index (χ1v) is 13.8. The summed E-state index contributed by atoms with van der Waals surface area (Å²) in [5.41, 5.74) is 1.99. The van der Waals surface area contributed by atoms with Crippen LogP contribution in [0, 0.1) is 12.7 Å². The summed E-state index contributed by atoms with van der Waals surface area (Å²) in [4.78, 5) is 28.6. The molecule has 1 fully saturated rings. The molecule has 1 amide bonds. The molecule has 0 spiro atoms. The van der Waals surface area contributed by atoms with E-state index in [-0.39, 0.29) is 22.7 Å². The average Bonchev–Trinajstić information content (AvgIpc) is 3.42. The van der Waals surface area contributed by atoms with Crippen molar-refractivity contribution in [3.8, 4) is 22.6 Å². The lowest BCUT2D eigenvalue weighted by Gasteiger charge is -2.13. The normalized spacial score (nSPS) is 15.2. The number of ether oxygens (including phenoxy) is 1. The molecule has 0 saturated heterocycles. The molecule has 1 aliphatic rings. The minimum absolute atomic E-state index is 0.133. The highest BCUT2D eigenvalue weighted by atomic mass is 32.2. The number of sulfonamides is 1. The molecule has 10 nitrogen and oxygen atoms in total. The lowest BCUT2D eigenvalue weighted by atomic mass is 10.0. The van der Waals surface area contributed by atoms with Crippen molar-refractivity contribution in [2.24, 2.45) is 0 Å². The van der Waals surface area contributed by atoms with E-state index in [1.165, 1.54) is 13.2 Å². The van der Waals surface area contributed by atoms with Gasteiger partial charge in [0.1, 0.15) is 17.3 Å². The number of nitrogens with one attached hydrogen (secondary N) is 3. The topological polar surface area (TPSA) is 139 Å². The van der Waals surface area contributed by atoms with Gasteiger partial charge in [0.25, 0.3) is 0 Å².